The van der Waals surface area contributed by atoms with E-state index in [4.69, 9.17) is 4.42 Å². The van der Waals surface area contributed by atoms with Gasteiger partial charge in [0.05, 0.1) is 12.6 Å². The van der Waals surface area contributed by atoms with Crippen molar-refractivity contribution >= 4 is 0 Å². The number of halogens is 1. The van der Waals surface area contributed by atoms with Crippen LogP contribution in [-0.2, 0) is 6.54 Å². The van der Waals surface area contributed by atoms with Gasteiger partial charge in [-0.25, -0.2) is 4.39 Å². The Kier molecular flexibility index (Phi) is 4.12. The van der Waals surface area contributed by atoms with Crippen LogP contribution in [0.1, 0.15) is 23.2 Å². The molecule has 1 atom stereocenters. The van der Waals surface area contributed by atoms with E-state index in [-0.39, 0.29) is 5.82 Å². The summed E-state index contributed by atoms with van der Waals surface area (Å²) in [6.07, 6.45) is -0.725. The molecule has 0 saturated carbocycles. The summed E-state index contributed by atoms with van der Waals surface area (Å²) in [7, 11) is 0. The second-order valence-corrected chi connectivity index (χ2v) is 4.21. The van der Waals surface area contributed by atoms with Gasteiger partial charge in [-0.1, -0.05) is 12.1 Å². The molecule has 0 aliphatic heterocycles. The Morgan fingerprint density at radius 3 is 2.83 bits per heavy atom. The highest BCUT2D eigenvalue weighted by Gasteiger charge is 2.08. The van der Waals surface area contributed by atoms with Crippen molar-refractivity contribution in [2.75, 3.05) is 6.54 Å². The Labute approximate surface area is 105 Å². The predicted octanol–water partition coefficient (Wildman–Crippen LogP) is 2.55. The first-order valence-electron chi connectivity index (χ1n) is 5.85. The quantitative estimate of drug-likeness (QED) is 0.856. The van der Waals surface area contributed by atoms with Gasteiger partial charge in [-0.15, -0.1) is 0 Å². The van der Waals surface area contributed by atoms with Crippen LogP contribution in [0.3, 0.4) is 0 Å². The van der Waals surface area contributed by atoms with E-state index in [9.17, 15) is 9.50 Å². The number of nitrogens with one attached hydrogen (secondary N) is 1. The molecular formula is C14H16FNO2. The zero-order valence-corrected chi connectivity index (χ0v) is 10.2. The van der Waals surface area contributed by atoms with Gasteiger partial charge in [-0.3, -0.25) is 0 Å². The maximum Gasteiger partial charge on any atom is 0.123 e. The van der Waals surface area contributed by atoms with E-state index in [0.29, 0.717) is 18.7 Å². The van der Waals surface area contributed by atoms with Crippen LogP contribution in [0.15, 0.2) is 40.8 Å². The van der Waals surface area contributed by atoms with Crippen molar-refractivity contribution in [1.82, 2.24) is 5.32 Å². The maximum absolute atomic E-state index is 13.0. The number of benzene rings is 1. The summed E-state index contributed by atoms with van der Waals surface area (Å²) in [5.41, 5.74) is 0.568. The molecule has 2 N–H and O–H groups in total. The van der Waals surface area contributed by atoms with Gasteiger partial charge >= 0.3 is 0 Å². The average molecular weight is 249 g/mol. The number of aliphatic hydroxyl groups excluding tert-OH is 1. The monoisotopic (exact) mass is 249 g/mol. The fraction of sp³-hybridized carbons (Fsp3) is 0.286. The first kappa shape index (κ1) is 12.8. The van der Waals surface area contributed by atoms with Crippen molar-refractivity contribution in [3.8, 4) is 0 Å². The molecule has 2 rings (SSSR count). The first-order valence-corrected chi connectivity index (χ1v) is 5.85. The number of aryl methyl sites for hydroxylation is 1. The summed E-state index contributed by atoms with van der Waals surface area (Å²) in [6, 6.07) is 9.76. The summed E-state index contributed by atoms with van der Waals surface area (Å²) in [5.74, 6) is 1.34. The Bertz CT molecular complexity index is 510. The normalized spacial score (nSPS) is 12.6. The lowest BCUT2D eigenvalue weighted by Gasteiger charge is -2.11. The highest BCUT2D eigenvalue weighted by atomic mass is 19.1. The fourth-order valence-corrected chi connectivity index (χ4v) is 1.74. The molecular weight excluding hydrogens is 233 g/mol. The number of hydrogen-bond acceptors (Lipinski definition) is 3. The average Bonchev–Trinajstić information content (AvgIpc) is 2.75. The number of rotatable bonds is 5. The van der Waals surface area contributed by atoms with Crippen LogP contribution in [0, 0.1) is 12.7 Å². The highest BCUT2D eigenvalue weighted by Crippen LogP contribution is 2.13. The van der Waals surface area contributed by atoms with Crippen LogP contribution < -0.4 is 5.32 Å². The van der Waals surface area contributed by atoms with E-state index in [2.05, 4.69) is 5.32 Å². The van der Waals surface area contributed by atoms with E-state index in [1.165, 1.54) is 12.1 Å². The van der Waals surface area contributed by atoms with E-state index in [1.807, 2.05) is 19.1 Å². The molecule has 0 fully saturated rings. The van der Waals surface area contributed by atoms with Gasteiger partial charge in [-0.2, -0.15) is 0 Å². The summed E-state index contributed by atoms with van der Waals surface area (Å²) < 4.78 is 18.4. The van der Waals surface area contributed by atoms with E-state index in [0.717, 1.165) is 11.5 Å². The smallest absolute Gasteiger partial charge is 0.123 e. The molecule has 1 aromatic heterocycles. The molecule has 0 saturated heterocycles. The van der Waals surface area contributed by atoms with Crippen molar-refractivity contribution in [3.05, 3.63) is 59.3 Å². The summed E-state index contributed by atoms with van der Waals surface area (Å²) in [6.45, 7) is 2.77. The molecule has 0 aliphatic carbocycles. The van der Waals surface area contributed by atoms with Gasteiger partial charge in [-0.05, 0) is 36.8 Å². The highest BCUT2D eigenvalue weighted by molar-refractivity contribution is 5.19. The van der Waals surface area contributed by atoms with Gasteiger partial charge in [0.25, 0.3) is 0 Å². The number of aliphatic hydroxyl groups is 1. The van der Waals surface area contributed by atoms with Gasteiger partial charge < -0.3 is 14.8 Å². The van der Waals surface area contributed by atoms with Crippen molar-refractivity contribution < 1.29 is 13.9 Å². The lowest BCUT2D eigenvalue weighted by molar-refractivity contribution is 0.173. The minimum absolute atomic E-state index is 0.340. The molecule has 0 amide bonds. The van der Waals surface area contributed by atoms with Crippen LogP contribution in [0.25, 0.3) is 0 Å². The number of furan rings is 1. The third-order valence-electron chi connectivity index (χ3n) is 2.67. The van der Waals surface area contributed by atoms with E-state index < -0.39 is 6.10 Å². The first-order chi connectivity index (χ1) is 8.65. The Morgan fingerprint density at radius 1 is 1.33 bits per heavy atom. The topological polar surface area (TPSA) is 45.4 Å². The van der Waals surface area contributed by atoms with E-state index >= 15 is 0 Å². The molecule has 3 nitrogen and oxygen atoms in total. The van der Waals surface area contributed by atoms with Crippen LogP contribution in [0.5, 0.6) is 0 Å². The van der Waals surface area contributed by atoms with Crippen molar-refractivity contribution in [3.63, 3.8) is 0 Å². The molecule has 18 heavy (non-hydrogen) atoms. The molecule has 4 heteroatoms. The second-order valence-electron chi connectivity index (χ2n) is 4.21. The van der Waals surface area contributed by atoms with Crippen LogP contribution in [0.4, 0.5) is 4.39 Å². The molecule has 2 aromatic rings. The zero-order chi connectivity index (χ0) is 13.0. The van der Waals surface area contributed by atoms with Crippen LogP contribution >= 0.6 is 0 Å². The maximum atomic E-state index is 13.0. The standard InChI is InChI=1S/C14H16FNO2/c1-10-5-6-13(18-10)8-16-9-14(17)11-3-2-4-12(15)7-11/h2-7,14,16-17H,8-9H2,1H3. The van der Waals surface area contributed by atoms with Gasteiger partial charge in [0.1, 0.15) is 17.3 Å². The molecule has 1 heterocycles. The Morgan fingerprint density at radius 2 is 2.17 bits per heavy atom. The lowest BCUT2D eigenvalue weighted by Crippen LogP contribution is -2.20. The molecule has 1 unspecified atom stereocenters. The molecule has 96 valence electrons. The van der Waals surface area contributed by atoms with Crippen LogP contribution in [-0.4, -0.2) is 11.7 Å². The van der Waals surface area contributed by atoms with Crippen molar-refractivity contribution in [2.45, 2.75) is 19.6 Å². The SMILES string of the molecule is Cc1ccc(CNCC(O)c2cccc(F)c2)o1. The third-order valence-corrected chi connectivity index (χ3v) is 2.67. The van der Waals surface area contributed by atoms with E-state index in [1.54, 1.807) is 12.1 Å². The zero-order valence-electron chi connectivity index (χ0n) is 10.2. The Balaban J connectivity index is 1.83. The van der Waals surface area contributed by atoms with Crippen LogP contribution in [0.2, 0.25) is 0 Å². The summed E-state index contributed by atoms with van der Waals surface area (Å²) in [4.78, 5) is 0. The second kappa shape index (κ2) is 5.80. The Hall–Kier alpha value is -1.65. The molecule has 0 spiro atoms. The van der Waals surface area contributed by atoms with Gasteiger partial charge in [0.2, 0.25) is 0 Å². The van der Waals surface area contributed by atoms with Gasteiger partial charge in [0.15, 0.2) is 0 Å². The van der Waals surface area contributed by atoms with Crippen molar-refractivity contribution in [1.29, 1.82) is 0 Å². The molecule has 1 aromatic carbocycles. The largest absolute Gasteiger partial charge is 0.465 e. The van der Waals surface area contributed by atoms with Gasteiger partial charge in [0, 0.05) is 6.54 Å². The lowest BCUT2D eigenvalue weighted by atomic mass is 10.1. The molecule has 0 bridgehead atoms. The molecule has 0 radical (unpaired) electrons. The fourth-order valence-electron chi connectivity index (χ4n) is 1.74. The minimum atomic E-state index is -0.725. The third kappa shape index (κ3) is 3.42. The predicted molar refractivity (Wildman–Crippen MR) is 66.5 cm³/mol. The molecule has 0 aliphatic rings. The summed E-state index contributed by atoms with van der Waals surface area (Å²) >= 11 is 0. The van der Waals surface area contributed by atoms with Crippen molar-refractivity contribution in [2.24, 2.45) is 0 Å². The minimum Gasteiger partial charge on any atom is -0.465 e. The number of hydrogen-bond donors (Lipinski definition) is 2. The summed E-state index contributed by atoms with van der Waals surface area (Å²) in [5, 5.41) is 12.9.